The lowest BCUT2D eigenvalue weighted by Crippen LogP contribution is -2.10. The van der Waals surface area contributed by atoms with Crippen LogP contribution in [-0.2, 0) is 54.9 Å². The molecule has 16 rings (SSSR count). The minimum atomic E-state index is -0.609. The summed E-state index contributed by atoms with van der Waals surface area (Å²) in [6.07, 6.45) is 0. The van der Waals surface area contributed by atoms with Gasteiger partial charge >= 0.3 is 29.8 Å². The molecule has 0 saturated carbocycles. The molecule has 0 atom stereocenters. The van der Waals surface area contributed by atoms with Crippen LogP contribution in [0.4, 0.5) is 40.1 Å². The highest BCUT2D eigenvalue weighted by atomic mass is 32.1. The summed E-state index contributed by atoms with van der Waals surface area (Å²) < 4.78 is 77.1. The van der Waals surface area contributed by atoms with Gasteiger partial charge in [0.05, 0.1) is 61.9 Å². The van der Waals surface area contributed by atoms with E-state index in [0.29, 0.717) is 149 Å². The van der Waals surface area contributed by atoms with Gasteiger partial charge in [0, 0.05) is 95.0 Å². The predicted octanol–water partition coefficient (Wildman–Crippen LogP) is 21.8. The molecule has 0 spiro atoms. The summed E-state index contributed by atoms with van der Waals surface area (Å²) in [7, 11) is 11.0. The van der Waals surface area contributed by atoms with Gasteiger partial charge < -0.3 is 108 Å². The Morgan fingerprint density at radius 1 is 0.326 bits per heavy atom. The molecule has 0 aliphatic carbocycles. The Hall–Kier alpha value is -17.0. The first-order valence-corrected chi connectivity index (χ1v) is 48.5. The van der Waals surface area contributed by atoms with Gasteiger partial charge in [-0.05, 0) is 148 Å². The molecular formula is C107H99FN10O20S6. The number of hydrogen-bond donors (Lipinski definition) is 9. The number of carbonyl (C=O) groups is 8. The third-order valence-corrected chi connectivity index (χ3v) is 26.0. The summed E-state index contributed by atoms with van der Waals surface area (Å²) in [5.74, 6) is 0.255. The van der Waals surface area contributed by atoms with Crippen molar-refractivity contribution >= 4 is 151 Å². The summed E-state index contributed by atoms with van der Waals surface area (Å²) in [4.78, 5) is 95.7. The van der Waals surface area contributed by atoms with Crippen LogP contribution in [0, 0.1) is 17.1 Å². The van der Waals surface area contributed by atoms with Crippen LogP contribution in [0.3, 0.4) is 0 Å². The van der Waals surface area contributed by atoms with E-state index in [1.165, 1.54) is 88.1 Å². The Bertz CT molecular complexity index is 7220. The molecule has 17 N–H and O–H groups in total. The van der Waals surface area contributed by atoms with Gasteiger partial charge in [-0.2, -0.15) is 5.26 Å². The SMILES string of the molecule is CCOC(=O)c1c(-c2ccc(NC(C)=O)cc2)csc1N.COc1ccc(-c2csc(N)c2C#N)cc1OC.COc1ccc(-c2csc(N)c2C(=O)OCc2ccccc2)cc1OC.COc1ccc(-c2csc(N)c2C(=O)OCc2ccccc2F)cc1OC.COc1cccc(COC(=O)c2c(-c3ccc(C(N)=O)cc3)csc2N)c1.NC(=O)c1ccc(-c2csc(N)c2C(=O)OCc2ccccc2)cc1. The van der Waals surface area contributed by atoms with Crippen molar-refractivity contribution in [2.75, 3.05) is 96.1 Å². The molecule has 3 amide bonds. The van der Waals surface area contributed by atoms with Crippen molar-refractivity contribution in [2.24, 2.45) is 11.5 Å². The normalized spacial score (nSPS) is 10.3. The fourth-order valence-electron chi connectivity index (χ4n) is 13.9. The van der Waals surface area contributed by atoms with E-state index in [9.17, 15) is 42.7 Å². The van der Waals surface area contributed by atoms with Crippen molar-refractivity contribution in [3.63, 3.8) is 0 Å². The lowest BCUT2D eigenvalue weighted by atomic mass is 10.0. The topological polar surface area (TPSA) is 491 Å². The maximum absolute atomic E-state index is 13.7. The molecule has 16 aromatic rings. The van der Waals surface area contributed by atoms with E-state index < -0.39 is 47.5 Å². The fourth-order valence-corrected chi connectivity index (χ4v) is 18.7. The average molecular weight is 2060 g/mol. The second-order valence-corrected chi connectivity index (χ2v) is 35.7. The Morgan fingerprint density at radius 2 is 0.632 bits per heavy atom. The largest absolute Gasteiger partial charge is 0.497 e. The molecular weight excluding hydrogens is 1960 g/mol. The smallest absolute Gasteiger partial charge is 0.342 e. The molecule has 0 saturated heterocycles. The van der Waals surface area contributed by atoms with Crippen LogP contribution in [0.2, 0.25) is 0 Å². The minimum absolute atomic E-state index is 0.103. The second kappa shape index (κ2) is 52.3. The summed E-state index contributed by atoms with van der Waals surface area (Å²) in [5, 5.41) is 25.2. The highest BCUT2D eigenvalue weighted by molar-refractivity contribution is 7.16. The molecule has 37 heteroatoms. The summed E-state index contributed by atoms with van der Waals surface area (Å²) in [6, 6.07) is 71.4. The molecule has 6 heterocycles. The van der Waals surface area contributed by atoms with Crippen molar-refractivity contribution in [3.8, 4) is 113 Å². The zero-order chi connectivity index (χ0) is 104. The average Bonchev–Trinajstić information content (AvgIpc) is 1.66. The van der Waals surface area contributed by atoms with Crippen molar-refractivity contribution in [1.29, 1.82) is 5.26 Å². The Kier molecular flexibility index (Phi) is 39.0. The van der Waals surface area contributed by atoms with Gasteiger partial charge in [-0.1, -0.05) is 146 Å². The predicted molar refractivity (Wildman–Crippen MR) is 565 cm³/mol. The Morgan fingerprint density at radius 3 is 0.972 bits per heavy atom. The van der Waals surface area contributed by atoms with Crippen LogP contribution >= 0.6 is 68.0 Å². The molecule has 0 fully saturated rings. The fraction of sp³-hybridized carbons (Fsp3) is 0.131. The van der Waals surface area contributed by atoms with Crippen LogP contribution < -0.4 is 84.3 Å². The highest BCUT2D eigenvalue weighted by Gasteiger charge is 2.28. The van der Waals surface area contributed by atoms with Crippen molar-refractivity contribution in [2.45, 2.75) is 40.3 Å². The van der Waals surface area contributed by atoms with Crippen LogP contribution in [-0.4, -0.2) is 104 Å². The highest BCUT2D eigenvalue weighted by Crippen LogP contribution is 2.44. The molecule has 740 valence electrons. The van der Waals surface area contributed by atoms with E-state index in [1.54, 1.807) is 175 Å². The number of nitrogens with zero attached hydrogens (tertiary/aromatic N) is 1. The van der Waals surface area contributed by atoms with E-state index in [2.05, 4.69) is 11.4 Å². The molecule has 0 aliphatic rings. The number of nitrogen functional groups attached to an aromatic ring is 6. The van der Waals surface area contributed by atoms with Crippen LogP contribution in [0.1, 0.15) is 114 Å². The molecule has 0 bridgehead atoms. The number of primary amides is 2. The molecule has 0 aliphatic heterocycles. The first-order valence-electron chi connectivity index (χ1n) is 43.2. The van der Waals surface area contributed by atoms with Gasteiger partial charge in [0.15, 0.2) is 34.5 Å². The first-order chi connectivity index (χ1) is 69.5. The summed E-state index contributed by atoms with van der Waals surface area (Å²) >= 11 is 7.73. The van der Waals surface area contributed by atoms with Crippen molar-refractivity contribution in [3.05, 3.63) is 341 Å². The van der Waals surface area contributed by atoms with Crippen LogP contribution in [0.5, 0.6) is 40.2 Å². The zero-order valence-electron chi connectivity index (χ0n) is 79.1. The van der Waals surface area contributed by atoms with Gasteiger partial charge in [0.1, 0.15) is 102 Å². The number of carbonyl (C=O) groups excluding carboxylic acids is 8. The summed E-state index contributed by atoms with van der Waals surface area (Å²) in [6.45, 7) is 3.80. The number of nitrogens with two attached hydrogens (primary N) is 8. The number of methoxy groups -OCH3 is 7. The number of nitriles is 1. The zero-order valence-corrected chi connectivity index (χ0v) is 84.0. The number of anilines is 7. The number of hydrogen-bond acceptors (Lipinski definition) is 33. The Balaban J connectivity index is 0.000000165. The van der Waals surface area contributed by atoms with Crippen molar-refractivity contribution < 1.29 is 99.6 Å². The van der Waals surface area contributed by atoms with Crippen LogP contribution in [0.25, 0.3) is 66.8 Å². The molecule has 0 radical (unpaired) electrons. The third kappa shape index (κ3) is 28.0. The first kappa shape index (κ1) is 107. The number of ether oxygens (including phenoxy) is 12. The second-order valence-electron chi connectivity index (χ2n) is 30.2. The van der Waals surface area contributed by atoms with Crippen molar-refractivity contribution in [1.82, 2.24) is 0 Å². The van der Waals surface area contributed by atoms with Gasteiger partial charge in [-0.25, -0.2) is 28.4 Å². The Labute approximate surface area is 852 Å². The third-order valence-electron chi connectivity index (χ3n) is 21.1. The number of thiophene rings is 6. The standard InChI is InChI=1S/C20H18FNO4S.C20H18N2O4S.C20H19NO4S.C19H16N2O3S.C15H16N2O3S.C13H12N2O2S/c1-24-16-8-7-12(9-17(16)25-2)14-11-27-19(22)18(14)20(23)26-10-13-5-3-4-6-15(13)21;1-25-15-4-2-3-12(9-15)10-26-20(24)17-16(11-27-19(17)22)13-5-7-14(8-6-13)18(21)23;1-23-16-9-8-14(10-17(16)24-2)15-12-26-19(21)18(15)20(22)25-11-13-6-4-3-5-7-13;20-17(22)14-8-6-13(7-9-14)15-11-25-18(21)16(15)19(23)24-10-12-4-2-1-3-5-12;1-3-20-15(19)13-12(8-21-14(13)16)10-4-6-11(7-5-10)17-9(2)18;1-16-11-4-3-8(5-12(11)17-2)10-7-18-13(15)9(10)6-14/h3-9,11H,10,22H2,1-2H3;2-9,11H,10,22H2,1H3,(H2,21,23);3-10,12H,11,21H2,1-2H3;1-9,11H,10,21H2,(H2,20,22);4-8H,3,16H2,1-2H3,(H,17,18);3-5,7H,15H2,1-2H3. The summed E-state index contributed by atoms with van der Waals surface area (Å²) in [5.41, 5.74) is 61.8. The molecule has 30 nitrogen and oxygen atoms in total. The van der Waals surface area contributed by atoms with Crippen LogP contribution in [0.15, 0.2) is 269 Å². The number of amides is 3. The number of nitrogens with one attached hydrogen (secondary N) is 1. The van der Waals surface area contributed by atoms with E-state index in [-0.39, 0.29) is 37.9 Å². The molecule has 0 unspecified atom stereocenters. The van der Waals surface area contributed by atoms with E-state index in [1.807, 2.05) is 137 Å². The molecule has 6 aromatic heterocycles. The maximum Gasteiger partial charge on any atom is 0.342 e. The quantitative estimate of drug-likeness (QED) is 0.0149. The van der Waals surface area contributed by atoms with Gasteiger partial charge in [-0.3, -0.25) is 14.4 Å². The monoisotopic (exact) mass is 2050 g/mol. The lowest BCUT2D eigenvalue weighted by molar-refractivity contribution is -0.114. The van der Waals surface area contributed by atoms with E-state index >= 15 is 0 Å². The number of benzene rings is 10. The van der Waals surface area contributed by atoms with Gasteiger partial charge in [0.25, 0.3) is 0 Å². The maximum atomic E-state index is 13.7. The van der Waals surface area contributed by atoms with E-state index in [0.717, 1.165) is 61.2 Å². The number of esters is 5. The molecule has 10 aromatic carbocycles. The lowest BCUT2D eigenvalue weighted by Gasteiger charge is -2.11. The minimum Gasteiger partial charge on any atom is -0.497 e. The number of rotatable bonds is 30. The number of halogens is 1. The van der Waals surface area contributed by atoms with Gasteiger partial charge in [-0.15, -0.1) is 68.0 Å². The van der Waals surface area contributed by atoms with Gasteiger partial charge in [0.2, 0.25) is 17.7 Å². The van der Waals surface area contributed by atoms with E-state index in [4.69, 9.17) is 108 Å². The molecule has 144 heavy (non-hydrogen) atoms.